The van der Waals surface area contributed by atoms with E-state index in [1.165, 1.54) is 0 Å². The third-order valence-electron chi connectivity index (χ3n) is 7.10. The number of hydrogen-bond donors (Lipinski definition) is 3. The fraction of sp³-hybridized carbons (Fsp3) is 0.394. The van der Waals surface area contributed by atoms with Gasteiger partial charge in [-0.25, -0.2) is 0 Å². The average Bonchev–Trinajstić information content (AvgIpc) is 3.01. The fourth-order valence-electron chi connectivity index (χ4n) is 4.85. The number of aliphatic carboxylic acids is 1. The van der Waals surface area contributed by atoms with Crippen LogP contribution in [0, 0.1) is 0 Å². The van der Waals surface area contributed by atoms with Gasteiger partial charge in [-0.2, -0.15) is 0 Å². The molecule has 0 bridgehead atoms. The monoisotopic (exact) mass is 593 g/mol. The summed E-state index contributed by atoms with van der Waals surface area (Å²) in [6.07, 6.45) is 3.22. The summed E-state index contributed by atoms with van der Waals surface area (Å²) in [6, 6.07) is 23.2. The Morgan fingerprint density at radius 1 is 0.929 bits per heavy atom. The Hall–Kier alpha value is -3.37. The molecule has 1 fully saturated rings. The first kappa shape index (κ1) is 31.6. The van der Waals surface area contributed by atoms with Crippen molar-refractivity contribution in [2.75, 3.05) is 18.2 Å². The molecular weight excluding hydrogens is 554 g/mol. The van der Waals surface area contributed by atoms with Crippen molar-refractivity contribution < 1.29 is 34.0 Å². The summed E-state index contributed by atoms with van der Waals surface area (Å²) >= 11 is 1.68. The van der Waals surface area contributed by atoms with Crippen molar-refractivity contribution in [2.24, 2.45) is 0 Å². The highest BCUT2D eigenvalue weighted by atomic mass is 32.2. The van der Waals surface area contributed by atoms with E-state index >= 15 is 0 Å². The van der Waals surface area contributed by atoms with Gasteiger partial charge in [-0.15, -0.1) is 11.8 Å². The van der Waals surface area contributed by atoms with Gasteiger partial charge in [-0.05, 0) is 48.2 Å². The molecule has 0 unspecified atom stereocenters. The highest BCUT2D eigenvalue weighted by Gasteiger charge is 2.32. The number of nitrogens with one attached hydrogen (secondary N) is 1. The summed E-state index contributed by atoms with van der Waals surface area (Å²) < 4.78 is 18.5. The average molecular weight is 594 g/mol. The molecule has 224 valence electrons. The summed E-state index contributed by atoms with van der Waals surface area (Å²) in [7, 11) is 1.67. The highest BCUT2D eigenvalue weighted by Crippen LogP contribution is 2.40. The van der Waals surface area contributed by atoms with E-state index in [4.69, 9.17) is 19.3 Å². The van der Waals surface area contributed by atoms with Crippen LogP contribution < -0.4 is 10.1 Å². The molecule has 1 saturated heterocycles. The molecule has 0 spiro atoms. The molecule has 4 rings (SSSR count). The van der Waals surface area contributed by atoms with Crippen LogP contribution in [0.25, 0.3) is 0 Å². The number of rotatable bonds is 15. The van der Waals surface area contributed by atoms with Crippen LogP contribution in [0.4, 0.5) is 5.69 Å². The second-order valence-electron chi connectivity index (χ2n) is 10.3. The van der Waals surface area contributed by atoms with Crippen LogP contribution >= 0.6 is 11.8 Å². The predicted molar refractivity (Wildman–Crippen MR) is 163 cm³/mol. The van der Waals surface area contributed by atoms with Gasteiger partial charge in [0.1, 0.15) is 5.75 Å². The Labute approximate surface area is 251 Å². The molecule has 3 aromatic carbocycles. The number of aliphatic hydroxyl groups is 1. The Kier molecular flexibility index (Phi) is 12.3. The topological polar surface area (TPSA) is 114 Å². The van der Waals surface area contributed by atoms with E-state index in [0.29, 0.717) is 37.1 Å². The Morgan fingerprint density at radius 2 is 1.69 bits per heavy atom. The number of amides is 1. The summed E-state index contributed by atoms with van der Waals surface area (Å²) in [5, 5.41) is 21.2. The molecule has 0 aliphatic carbocycles. The Balaban J connectivity index is 1.42. The van der Waals surface area contributed by atoms with Gasteiger partial charge in [0.15, 0.2) is 6.29 Å². The van der Waals surface area contributed by atoms with Crippen molar-refractivity contribution in [3.05, 3.63) is 89.5 Å². The van der Waals surface area contributed by atoms with Crippen LogP contribution in [0.3, 0.4) is 0 Å². The molecule has 9 heteroatoms. The standard InChI is InChI=1S/C33H39NO7S/c1-39-28-11-6-7-12-30(28)42-22-27-20-29(24-17-15-23(21-35)16-18-24)41-33(40-27)25-9-8-10-26(19-25)34-31(36)13-4-2-3-5-14-32(37)38/h6-12,15-19,27,29,33,35H,2-5,13-14,20-22H2,1H3,(H,34,36)(H,37,38)/t27-,29+,33+/m0/s1. The van der Waals surface area contributed by atoms with Crippen LogP contribution in [0.15, 0.2) is 77.7 Å². The van der Waals surface area contributed by atoms with E-state index in [1.54, 1.807) is 18.9 Å². The fourth-order valence-corrected chi connectivity index (χ4v) is 5.89. The quantitative estimate of drug-likeness (QED) is 0.129. The van der Waals surface area contributed by atoms with Gasteiger partial charge in [0, 0.05) is 41.2 Å². The number of carboxylic acid groups (broad SMARTS) is 1. The van der Waals surface area contributed by atoms with E-state index in [9.17, 15) is 14.7 Å². The first-order valence-electron chi connectivity index (χ1n) is 14.3. The summed E-state index contributed by atoms with van der Waals surface area (Å²) in [6.45, 7) is -0.0149. The number of unbranched alkanes of at least 4 members (excludes halogenated alkanes) is 3. The van der Waals surface area contributed by atoms with Crippen molar-refractivity contribution in [1.29, 1.82) is 0 Å². The largest absolute Gasteiger partial charge is 0.496 e. The van der Waals surface area contributed by atoms with Crippen LogP contribution in [0.5, 0.6) is 5.75 Å². The van der Waals surface area contributed by atoms with E-state index in [1.807, 2.05) is 72.8 Å². The first-order valence-corrected chi connectivity index (χ1v) is 15.3. The summed E-state index contributed by atoms with van der Waals surface area (Å²) in [4.78, 5) is 24.2. The van der Waals surface area contributed by atoms with Crippen molar-refractivity contribution >= 4 is 29.3 Å². The molecule has 0 radical (unpaired) electrons. The summed E-state index contributed by atoms with van der Waals surface area (Å²) in [5.74, 6) is 0.662. The van der Waals surface area contributed by atoms with Crippen LogP contribution in [-0.4, -0.2) is 41.1 Å². The maximum absolute atomic E-state index is 12.6. The third kappa shape index (κ3) is 9.59. The number of carboxylic acids is 1. The lowest BCUT2D eigenvalue weighted by Gasteiger charge is -2.36. The number of methoxy groups -OCH3 is 1. The maximum Gasteiger partial charge on any atom is 0.303 e. The number of carbonyl (C=O) groups is 2. The lowest BCUT2D eigenvalue weighted by molar-refractivity contribution is -0.245. The second-order valence-corrected chi connectivity index (χ2v) is 11.4. The number of anilines is 1. The molecule has 1 heterocycles. The van der Waals surface area contributed by atoms with E-state index in [2.05, 4.69) is 5.32 Å². The molecule has 0 aromatic heterocycles. The molecule has 1 amide bonds. The molecule has 8 nitrogen and oxygen atoms in total. The zero-order chi connectivity index (χ0) is 29.7. The maximum atomic E-state index is 12.6. The number of thioether (sulfide) groups is 1. The first-order chi connectivity index (χ1) is 20.4. The zero-order valence-electron chi connectivity index (χ0n) is 23.9. The second kappa shape index (κ2) is 16.3. The number of ether oxygens (including phenoxy) is 3. The minimum Gasteiger partial charge on any atom is -0.496 e. The minimum absolute atomic E-state index is 0.0149. The van der Waals surface area contributed by atoms with Gasteiger partial charge in [0.25, 0.3) is 0 Å². The zero-order valence-corrected chi connectivity index (χ0v) is 24.7. The van der Waals surface area contributed by atoms with Gasteiger partial charge in [-0.3, -0.25) is 9.59 Å². The summed E-state index contributed by atoms with van der Waals surface area (Å²) in [5.41, 5.74) is 3.34. The van der Waals surface area contributed by atoms with Crippen LogP contribution in [0.2, 0.25) is 0 Å². The van der Waals surface area contributed by atoms with Gasteiger partial charge in [0.2, 0.25) is 5.91 Å². The molecule has 3 aromatic rings. The number of para-hydroxylation sites is 1. The Morgan fingerprint density at radius 3 is 2.43 bits per heavy atom. The molecule has 1 aliphatic heterocycles. The Bertz CT molecular complexity index is 1300. The van der Waals surface area contributed by atoms with Crippen LogP contribution in [-0.2, 0) is 25.7 Å². The number of carbonyl (C=O) groups excluding carboxylic acids is 1. The third-order valence-corrected chi connectivity index (χ3v) is 8.28. The smallest absolute Gasteiger partial charge is 0.303 e. The van der Waals surface area contributed by atoms with Crippen molar-refractivity contribution in [2.45, 2.75) is 74.9 Å². The lowest BCUT2D eigenvalue weighted by atomic mass is 10.0. The predicted octanol–water partition coefficient (Wildman–Crippen LogP) is 6.89. The van der Waals surface area contributed by atoms with Crippen molar-refractivity contribution in [3.8, 4) is 5.75 Å². The molecule has 0 saturated carbocycles. The molecule has 3 atom stereocenters. The molecular formula is C33H39NO7S. The van der Waals surface area contributed by atoms with E-state index in [0.717, 1.165) is 40.2 Å². The SMILES string of the molecule is COc1ccccc1SC[C@@H]1C[C@H](c2ccc(CO)cc2)O[C@H](c2cccc(NC(=O)CCCCCCC(=O)O)c2)O1. The normalized spacial score (nSPS) is 18.4. The van der Waals surface area contributed by atoms with Gasteiger partial charge < -0.3 is 29.7 Å². The molecule has 3 N–H and O–H groups in total. The van der Waals surface area contributed by atoms with Gasteiger partial charge in [0.05, 0.1) is 25.9 Å². The van der Waals surface area contributed by atoms with E-state index in [-0.39, 0.29) is 31.1 Å². The highest BCUT2D eigenvalue weighted by molar-refractivity contribution is 7.99. The number of benzene rings is 3. The molecule has 42 heavy (non-hydrogen) atoms. The van der Waals surface area contributed by atoms with Crippen molar-refractivity contribution in [1.82, 2.24) is 0 Å². The van der Waals surface area contributed by atoms with E-state index < -0.39 is 12.3 Å². The molecule has 1 aliphatic rings. The van der Waals surface area contributed by atoms with Crippen LogP contribution in [0.1, 0.15) is 74.0 Å². The van der Waals surface area contributed by atoms with Crippen molar-refractivity contribution in [3.63, 3.8) is 0 Å². The van der Waals surface area contributed by atoms with Gasteiger partial charge in [-0.1, -0.05) is 61.4 Å². The minimum atomic E-state index is -0.786. The number of aliphatic hydroxyl groups excluding tert-OH is 1. The van der Waals surface area contributed by atoms with Gasteiger partial charge >= 0.3 is 5.97 Å². The number of hydrogen-bond acceptors (Lipinski definition) is 7. The lowest BCUT2D eigenvalue weighted by Crippen LogP contribution is -2.31.